The maximum Gasteiger partial charge on any atom is 0.305 e. The maximum atomic E-state index is 12.3. The normalized spacial score (nSPS) is 17.3. The lowest BCUT2D eigenvalue weighted by Gasteiger charge is -2.42. The van der Waals surface area contributed by atoms with Gasteiger partial charge in [0.2, 0.25) is 10.0 Å². The number of benzene rings is 1. The predicted molar refractivity (Wildman–Crippen MR) is 79.8 cm³/mol. The van der Waals surface area contributed by atoms with Crippen molar-refractivity contribution in [1.29, 1.82) is 0 Å². The maximum absolute atomic E-state index is 12.3. The summed E-state index contributed by atoms with van der Waals surface area (Å²) in [6.45, 7) is 0. The van der Waals surface area contributed by atoms with Gasteiger partial charge in [-0.3, -0.25) is 4.79 Å². The van der Waals surface area contributed by atoms with Gasteiger partial charge in [-0.1, -0.05) is 12.1 Å². The Labute approximate surface area is 124 Å². The minimum Gasteiger partial charge on any atom is -0.481 e. The molecule has 21 heavy (non-hydrogen) atoms. The van der Waals surface area contributed by atoms with E-state index in [4.69, 9.17) is 5.11 Å². The molecule has 0 radical (unpaired) electrons. The number of para-hydroxylation sites is 1. The van der Waals surface area contributed by atoms with Crippen molar-refractivity contribution >= 4 is 21.7 Å². The second-order valence-electron chi connectivity index (χ2n) is 5.61. The van der Waals surface area contributed by atoms with Crippen LogP contribution in [-0.4, -0.2) is 43.4 Å². The first-order valence-electron chi connectivity index (χ1n) is 6.78. The smallest absolute Gasteiger partial charge is 0.305 e. The third-order valence-corrected chi connectivity index (χ3v) is 5.72. The van der Waals surface area contributed by atoms with E-state index in [1.54, 1.807) is 18.2 Å². The van der Waals surface area contributed by atoms with E-state index in [9.17, 15) is 13.2 Å². The molecule has 6 nitrogen and oxygen atoms in total. The molecule has 1 saturated carbocycles. The minimum absolute atomic E-state index is 0.0106. The fourth-order valence-corrected chi connectivity index (χ4v) is 3.56. The van der Waals surface area contributed by atoms with Crippen LogP contribution in [0.25, 0.3) is 0 Å². The van der Waals surface area contributed by atoms with E-state index < -0.39 is 21.5 Å². The van der Waals surface area contributed by atoms with E-state index in [0.717, 1.165) is 23.6 Å². The summed E-state index contributed by atoms with van der Waals surface area (Å²) in [5.74, 6) is -0.879. The number of sulfonamides is 1. The van der Waals surface area contributed by atoms with Crippen molar-refractivity contribution in [2.75, 3.05) is 19.4 Å². The molecule has 1 aromatic carbocycles. The predicted octanol–water partition coefficient (Wildman–Crippen LogP) is 1.75. The highest BCUT2D eigenvalue weighted by Crippen LogP contribution is 2.39. The van der Waals surface area contributed by atoms with Gasteiger partial charge in [0.15, 0.2) is 0 Å². The standard InChI is InChI=1S/C14H20N2O4S/c1-16(2)21(19,20)12-7-4-3-6-11(12)15-14(8-5-9-14)10-13(17)18/h3-4,6-7,15H,5,8-10H2,1-2H3,(H,17,18). The lowest BCUT2D eigenvalue weighted by molar-refractivity contribution is -0.138. The Balaban J connectivity index is 2.35. The molecule has 0 aromatic heterocycles. The van der Waals surface area contributed by atoms with Crippen molar-refractivity contribution in [2.45, 2.75) is 36.1 Å². The van der Waals surface area contributed by atoms with Gasteiger partial charge in [0.1, 0.15) is 4.90 Å². The highest BCUT2D eigenvalue weighted by molar-refractivity contribution is 7.89. The molecule has 0 saturated heterocycles. The molecular weight excluding hydrogens is 292 g/mol. The minimum atomic E-state index is -3.57. The number of aliphatic carboxylic acids is 1. The molecule has 0 spiro atoms. The number of rotatable bonds is 6. The first kappa shape index (κ1) is 15.8. The van der Waals surface area contributed by atoms with Gasteiger partial charge in [0, 0.05) is 19.6 Å². The molecule has 0 bridgehead atoms. The van der Waals surface area contributed by atoms with Crippen LogP contribution in [-0.2, 0) is 14.8 Å². The molecule has 7 heteroatoms. The summed E-state index contributed by atoms with van der Waals surface area (Å²) in [6.07, 6.45) is 2.40. The second-order valence-corrected chi connectivity index (χ2v) is 7.73. The van der Waals surface area contributed by atoms with E-state index in [2.05, 4.69) is 5.32 Å². The average molecular weight is 312 g/mol. The summed E-state index contributed by atoms with van der Waals surface area (Å²) in [6, 6.07) is 6.61. The van der Waals surface area contributed by atoms with Crippen LogP contribution in [0.5, 0.6) is 0 Å². The van der Waals surface area contributed by atoms with Crippen LogP contribution in [0.4, 0.5) is 5.69 Å². The van der Waals surface area contributed by atoms with E-state index >= 15 is 0 Å². The zero-order chi connectivity index (χ0) is 15.7. The number of anilines is 1. The Bertz CT molecular complexity index is 636. The summed E-state index contributed by atoms with van der Waals surface area (Å²) in [7, 11) is -0.620. The van der Waals surface area contributed by atoms with Crippen molar-refractivity contribution in [3.63, 3.8) is 0 Å². The van der Waals surface area contributed by atoms with Crippen molar-refractivity contribution < 1.29 is 18.3 Å². The van der Waals surface area contributed by atoms with Crippen LogP contribution in [0.15, 0.2) is 29.2 Å². The second kappa shape index (κ2) is 5.65. The lowest BCUT2D eigenvalue weighted by atomic mass is 9.74. The Morgan fingerprint density at radius 1 is 1.33 bits per heavy atom. The van der Waals surface area contributed by atoms with Crippen LogP contribution in [0.2, 0.25) is 0 Å². The Kier molecular flexibility index (Phi) is 4.25. The molecule has 116 valence electrons. The first-order valence-corrected chi connectivity index (χ1v) is 8.22. The number of nitrogens with zero attached hydrogens (tertiary/aromatic N) is 1. The number of nitrogens with one attached hydrogen (secondary N) is 1. The van der Waals surface area contributed by atoms with Crippen LogP contribution >= 0.6 is 0 Å². The highest BCUT2D eigenvalue weighted by atomic mass is 32.2. The van der Waals surface area contributed by atoms with Crippen LogP contribution < -0.4 is 5.32 Å². The number of carboxylic acids is 1. The summed E-state index contributed by atoms with van der Waals surface area (Å²) in [5, 5.41) is 12.2. The SMILES string of the molecule is CN(C)S(=O)(=O)c1ccccc1NC1(CC(=O)O)CCC1. The molecule has 0 atom stereocenters. The molecule has 1 aromatic rings. The van der Waals surface area contributed by atoms with Gasteiger partial charge in [-0.2, -0.15) is 0 Å². The highest BCUT2D eigenvalue weighted by Gasteiger charge is 2.40. The van der Waals surface area contributed by atoms with Gasteiger partial charge < -0.3 is 10.4 Å². The quantitative estimate of drug-likeness (QED) is 0.835. The Hall–Kier alpha value is -1.60. The van der Waals surface area contributed by atoms with Gasteiger partial charge in [0.05, 0.1) is 12.1 Å². The summed E-state index contributed by atoms with van der Waals surface area (Å²) in [5.41, 5.74) is -0.0730. The number of carbonyl (C=O) groups is 1. The molecule has 1 fully saturated rings. The van der Waals surface area contributed by atoms with Crippen molar-refractivity contribution in [3.05, 3.63) is 24.3 Å². The summed E-state index contributed by atoms with van der Waals surface area (Å²) in [4.78, 5) is 11.2. The van der Waals surface area contributed by atoms with Gasteiger partial charge >= 0.3 is 5.97 Å². The Morgan fingerprint density at radius 2 is 1.95 bits per heavy atom. The lowest BCUT2D eigenvalue weighted by Crippen LogP contribution is -2.47. The molecule has 0 unspecified atom stereocenters. The molecule has 1 aliphatic carbocycles. The average Bonchev–Trinajstić information content (AvgIpc) is 2.35. The molecule has 2 N–H and O–H groups in total. The first-order chi connectivity index (χ1) is 9.77. The van der Waals surface area contributed by atoms with E-state index in [1.165, 1.54) is 20.2 Å². The molecule has 2 rings (SSSR count). The summed E-state index contributed by atoms with van der Waals surface area (Å²) < 4.78 is 25.8. The monoisotopic (exact) mass is 312 g/mol. The van der Waals surface area contributed by atoms with Crippen LogP contribution in [0, 0.1) is 0 Å². The third kappa shape index (κ3) is 3.19. The number of carboxylic acid groups (broad SMARTS) is 1. The zero-order valence-electron chi connectivity index (χ0n) is 12.2. The zero-order valence-corrected chi connectivity index (χ0v) is 13.0. The van der Waals surface area contributed by atoms with Crippen LogP contribution in [0.3, 0.4) is 0 Å². The van der Waals surface area contributed by atoms with Gasteiger partial charge in [-0.25, -0.2) is 12.7 Å². The van der Waals surface area contributed by atoms with Gasteiger partial charge in [-0.05, 0) is 31.4 Å². The fraction of sp³-hybridized carbons (Fsp3) is 0.500. The summed E-state index contributed by atoms with van der Waals surface area (Å²) >= 11 is 0. The van der Waals surface area contributed by atoms with E-state index in [-0.39, 0.29) is 11.3 Å². The number of hydrogen-bond donors (Lipinski definition) is 2. The number of hydrogen-bond acceptors (Lipinski definition) is 4. The molecular formula is C14H20N2O4S. The Morgan fingerprint density at radius 3 is 2.43 bits per heavy atom. The van der Waals surface area contributed by atoms with Crippen LogP contribution in [0.1, 0.15) is 25.7 Å². The van der Waals surface area contributed by atoms with E-state index in [0.29, 0.717) is 5.69 Å². The third-order valence-electron chi connectivity index (χ3n) is 3.85. The van der Waals surface area contributed by atoms with Crippen molar-refractivity contribution in [3.8, 4) is 0 Å². The topological polar surface area (TPSA) is 86.7 Å². The molecule has 1 aliphatic rings. The van der Waals surface area contributed by atoms with Gasteiger partial charge in [-0.15, -0.1) is 0 Å². The van der Waals surface area contributed by atoms with Crippen molar-refractivity contribution in [1.82, 2.24) is 4.31 Å². The molecule has 0 heterocycles. The van der Waals surface area contributed by atoms with Crippen molar-refractivity contribution in [2.24, 2.45) is 0 Å². The molecule has 0 aliphatic heterocycles. The largest absolute Gasteiger partial charge is 0.481 e. The van der Waals surface area contributed by atoms with E-state index in [1.807, 2.05) is 0 Å². The molecule has 0 amide bonds. The van der Waals surface area contributed by atoms with Gasteiger partial charge in [0.25, 0.3) is 0 Å². The fourth-order valence-electron chi connectivity index (χ4n) is 2.52.